The summed E-state index contributed by atoms with van der Waals surface area (Å²) in [5.41, 5.74) is 5.37. The molecule has 2 atom stereocenters. The molecule has 1 saturated carbocycles. The molecule has 20 heavy (non-hydrogen) atoms. The number of carbonyl (C=O) groups excluding carboxylic acids is 1. The Hall–Kier alpha value is -0.780. The standard InChI is InChI=1S/C14H25F3N2O/c1-13(2,6-7-18)9-19-12(20)10-4-3-5-11(8-10)14(15,16)17/h10-11H,3-9,18H2,1-2H3,(H,19,20). The van der Waals surface area contributed by atoms with Crippen LogP contribution in [0, 0.1) is 17.3 Å². The van der Waals surface area contributed by atoms with Gasteiger partial charge in [0, 0.05) is 12.5 Å². The van der Waals surface area contributed by atoms with Gasteiger partial charge >= 0.3 is 6.18 Å². The number of rotatable bonds is 5. The summed E-state index contributed by atoms with van der Waals surface area (Å²) in [7, 11) is 0. The number of halogens is 3. The van der Waals surface area contributed by atoms with Crippen LogP contribution in [0.1, 0.15) is 46.0 Å². The first-order valence-electron chi connectivity index (χ1n) is 7.20. The zero-order chi connectivity index (χ0) is 15.4. The van der Waals surface area contributed by atoms with Crippen LogP contribution in [0.4, 0.5) is 13.2 Å². The molecule has 1 amide bonds. The number of nitrogens with two attached hydrogens (primary N) is 1. The molecule has 0 radical (unpaired) electrons. The van der Waals surface area contributed by atoms with Gasteiger partial charge in [0.05, 0.1) is 5.92 Å². The molecule has 1 aliphatic carbocycles. The summed E-state index contributed by atoms with van der Waals surface area (Å²) in [6, 6.07) is 0. The molecule has 0 heterocycles. The van der Waals surface area contributed by atoms with E-state index >= 15 is 0 Å². The fraction of sp³-hybridized carbons (Fsp3) is 0.929. The fourth-order valence-electron chi connectivity index (χ4n) is 2.68. The number of carbonyl (C=O) groups is 1. The van der Waals surface area contributed by atoms with Crippen LogP contribution in [0.5, 0.6) is 0 Å². The molecule has 3 N–H and O–H groups in total. The summed E-state index contributed by atoms with van der Waals surface area (Å²) in [4.78, 5) is 12.0. The van der Waals surface area contributed by atoms with Crippen LogP contribution < -0.4 is 11.1 Å². The van der Waals surface area contributed by atoms with Gasteiger partial charge in [0.1, 0.15) is 0 Å². The minimum Gasteiger partial charge on any atom is -0.355 e. The lowest BCUT2D eigenvalue weighted by Crippen LogP contribution is -2.41. The third-order valence-electron chi connectivity index (χ3n) is 4.07. The van der Waals surface area contributed by atoms with E-state index in [4.69, 9.17) is 5.73 Å². The summed E-state index contributed by atoms with van der Waals surface area (Å²) in [5.74, 6) is -2.09. The topological polar surface area (TPSA) is 55.1 Å². The van der Waals surface area contributed by atoms with Crippen molar-refractivity contribution in [2.45, 2.75) is 52.1 Å². The van der Waals surface area contributed by atoms with Crippen LogP contribution in [-0.4, -0.2) is 25.2 Å². The zero-order valence-electron chi connectivity index (χ0n) is 12.2. The number of nitrogens with one attached hydrogen (secondary N) is 1. The molecule has 2 unspecified atom stereocenters. The normalized spacial score (nSPS) is 24.5. The van der Waals surface area contributed by atoms with Gasteiger partial charge in [-0.15, -0.1) is 0 Å². The molecular weight excluding hydrogens is 269 g/mol. The SMILES string of the molecule is CC(C)(CCN)CNC(=O)C1CCCC(C(F)(F)F)C1. The van der Waals surface area contributed by atoms with Gasteiger partial charge in [-0.1, -0.05) is 20.3 Å². The number of alkyl halides is 3. The smallest absolute Gasteiger partial charge is 0.355 e. The lowest BCUT2D eigenvalue weighted by molar-refractivity contribution is -0.186. The van der Waals surface area contributed by atoms with E-state index in [2.05, 4.69) is 5.32 Å². The molecule has 6 heteroatoms. The van der Waals surface area contributed by atoms with Crippen molar-refractivity contribution in [1.82, 2.24) is 5.32 Å². The minimum absolute atomic E-state index is 0.0767. The first-order chi connectivity index (χ1) is 9.15. The van der Waals surface area contributed by atoms with E-state index < -0.39 is 18.0 Å². The molecule has 0 aromatic rings. The van der Waals surface area contributed by atoms with Gasteiger partial charge in [0.2, 0.25) is 5.91 Å². The van der Waals surface area contributed by atoms with Crippen LogP contribution in [-0.2, 0) is 4.79 Å². The molecule has 0 aliphatic heterocycles. The number of amides is 1. The molecule has 1 aliphatic rings. The third-order valence-corrected chi connectivity index (χ3v) is 4.07. The predicted octanol–water partition coefficient (Wildman–Crippen LogP) is 2.85. The first kappa shape index (κ1) is 17.3. The Labute approximate surface area is 118 Å². The minimum atomic E-state index is -4.18. The molecule has 1 fully saturated rings. The highest BCUT2D eigenvalue weighted by Crippen LogP contribution is 2.39. The van der Waals surface area contributed by atoms with Crippen molar-refractivity contribution in [1.29, 1.82) is 0 Å². The van der Waals surface area contributed by atoms with E-state index in [-0.39, 0.29) is 24.2 Å². The van der Waals surface area contributed by atoms with Crippen molar-refractivity contribution < 1.29 is 18.0 Å². The molecule has 0 bridgehead atoms. The number of hydrogen-bond donors (Lipinski definition) is 2. The van der Waals surface area contributed by atoms with E-state index in [9.17, 15) is 18.0 Å². The van der Waals surface area contributed by atoms with E-state index in [1.807, 2.05) is 13.8 Å². The Morgan fingerprint density at radius 2 is 1.95 bits per heavy atom. The Morgan fingerprint density at radius 3 is 2.50 bits per heavy atom. The summed E-state index contributed by atoms with van der Waals surface area (Å²) in [5, 5.41) is 2.79. The molecule has 3 nitrogen and oxygen atoms in total. The fourth-order valence-corrected chi connectivity index (χ4v) is 2.68. The van der Waals surface area contributed by atoms with Crippen LogP contribution in [0.25, 0.3) is 0 Å². The van der Waals surface area contributed by atoms with Crippen molar-refractivity contribution >= 4 is 5.91 Å². The van der Waals surface area contributed by atoms with Gasteiger partial charge in [-0.25, -0.2) is 0 Å². The van der Waals surface area contributed by atoms with Crippen LogP contribution in [0.15, 0.2) is 0 Å². The zero-order valence-corrected chi connectivity index (χ0v) is 12.2. The van der Waals surface area contributed by atoms with E-state index in [0.717, 1.165) is 6.42 Å². The Bertz CT molecular complexity index is 329. The maximum Gasteiger partial charge on any atom is 0.391 e. The van der Waals surface area contributed by atoms with Gasteiger partial charge in [0.25, 0.3) is 0 Å². The summed E-state index contributed by atoms with van der Waals surface area (Å²) >= 11 is 0. The average molecular weight is 294 g/mol. The molecular formula is C14H25F3N2O. The Morgan fingerprint density at radius 1 is 1.30 bits per heavy atom. The summed E-state index contributed by atoms with van der Waals surface area (Å²) in [6.45, 7) is 4.96. The largest absolute Gasteiger partial charge is 0.391 e. The molecule has 0 spiro atoms. The predicted molar refractivity (Wildman–Crippen MR) is 72.0 cm³/mol. The number of hydrogen-bond acceptors (Lipinski definition) is 2. The van der Waals surface area contributed by atoms with Crippen LogP contribution in [0.3, 0.4) is 0 Å². The summed E-state index contributed by atoms with van der Waals surface area (Å²) in [6.07, 6.45) is -2.33. The molecule has 0 aromatic heterocycles. The van der Waals surface area contributed by atoms with Crippen molar-refractivity contribution in [3.63, 3.8) is 0 Å². The lowest BCUT2D eigenvalue weighted by Gasteiger charge is -2.31. The maximum absolute atomic E-state index is 12.7. The van der Waals surface area contributed by atoms with Crippen LogP contribution in [0.2, 0.25) is 0 Å². The van der Waals surface area contributed by atoms with E-state index in [1.54, 1.807) is 0 Å². The summed E-state index contributed by atoms with van der Waals surface area (Å²) < 4.78 is 38.1. The Balaban J connectivity index is 2.47. The maximum atomic E-state index is 12.7. The van der Waals surface area contributed by atoms with Crippen molar-refractivity contribution in [3.8, 4) is 0 Å². The Kier molecular flexibility index (Phi) is 5.86. The molecule has 1 rings (SSSR count). The van der Waals surface area contributed by atoms with Crippen molar-refractivity contribution in [3.05, 3.63) is 0 Å². The quantitative estimate of drug-likeness (QED) is 0.819. The lowest BCUT2D eigenvalue weighted by atomic mass is 9.80. The van der Waals surface area contributed by atoms with Gasteiger partial charge < -0.3 is 11.1 Å². The third kappa shape index (κ3) is 5.31. The van der Waals surface area contributed by atoms with Gasteiger partial charge in [-0.3, -0.25) is 4.79 Å². The second-order valence-corrected chi connectivity index (χ2v) is 6.52. The highest BCUT2D eigenvalue weighted by molar-refractivity contribution is 5.78. The van der Waals surface area contributed by atoms with Crippen LogP contribution >= 0.6 is 0 Å². The second-order valence-electron chi connectivity index (χ2n) is 6.52. The monoisotopic (exact) mass is 294 g/mol. The van der Waals surface area contributed by atoms with Crippen molar-refractivity contribution in [2.24, 2.45) is 23.0 Å². The molecule has 0 saturated heterocycles. The van der Waals surface area contributed by atoms with Crippen molar-refractivity contribution in [2.75, 3.05) is 13.1 Å². The second kappa shape index (κ2) is 6.78. The van der Waals surface area contributed by atoms with Gasteiger partial charge in [-0.2, -0.15) is 13.2 Å². The van der Waals surface area contributed by atoms with Gasteiger partial charge in [-0.05, 0) is 37.6 Å². The molecule has 118 valence electrons. The van der Waals surface area contributed by atoms with E-state index in [0.29, 0.717) is 25.9 Å². The highest BCUT2D eigenvalue weighted by Gasteiger charge is 2.43. The highest BCUT2D eigenvalue weighted by atomic mass is 19.4. The van der Waals surface area contributed by atoms with Gasteiger partial charge in [0.15, 0.2) is 0 Å². The van der Waals surface area contributed by atoms with E-state index in [1.165, 1.54) is 0 Å². The molecule has 0 aromatic carbocycles. The average Bonchev–Trinajstić information content (AvgIpc) is 2.35. The first-order valence-corrected chi connectivity index (χ1v) is 7.20.